The smallest absolute Gasteiger partial charge is 0.320 e. The monoisotopic (exact) mass is 214 g/mol. The molecule has 0 fully saturated rings. The highest BCUT2D eigenvalue weighted by molar-refractivity contribution is 5.94. The van der Waals surface area contributed by atoms with Crippen LogP contribution < -0.4 is 0 Å². The van der Waals surface area contributed by atoms with Crippen LogP contribution in [0.5, 0.6) is 0 Å². The van der Waals surface area contributed by atoms with Gasteiger partial charge in [0.05, 0.1) is 14.2 Å². The maximum Gasteiger partial charge on any atom is 0.320 e. The molecule has 0 unspecified atom stereocenters. The molecule has 0 aliphatic carbocycles. The number of hydrogen-bond donors (Lipinski definition) is 0. The molecular formula is C11H18O4. The molecular weight excluding hydrogens is 196 g/mol. The van der Waals surface area contributed by atoms with E-state index >= 15 is 0 Å². The van der Waals surface area contributed by atoms with Crippen molar-refractivity contribution in [3.8, 4) is 0 Å². The van der Waals surface area contributed by atoms with Gasteiger partial charge in [-0.15, -0.1) is 0 Å². The fourth-order valence-electron chi connectivity index (χ4n) is 1.06. The lowest BCUT2D eigenvalue weighted by Gasteiger charge is -2.09. The molecule has 0 N–H and O–H groups in total. The van der Waals surface area contributed by atoms with Gasteiger partial charge in [0.25, 0.3) is 0 Å². The van der Waals surface area contributed by atoms with Gasteiger partial charge in [0.15, 0.2) is 5.92 Å². The van der Waals surface area contributed by atoms with Gasteiger partial charge in [-0.25, -0.2) is 0 Å². The lowest BCUT2D eigenvalue weighted by atomic mass is 10.0. The Morgan fingerprint density at radius 3 is 1.93 bits per heavy atom. The highest BCUT2D eigenvalue weighted by Crippen LogP contribution is 2.10. The minimum atomic E-state index is -0.852. The lowest BCUT2D eigenvalue weighted by molar-refractivity contribution is -0.158. The van der Waals surface area contributed by atoms with Gasteiger partial charge >= 0.3 is 11.9 Å². The molecule has 0 saturated carbocycles. The molecule has 0 aromatic carbocycles. The van der Waals surface area contributed by atoms with Gasteiger partial charge in [0.2, 0.25) is 0 Å². The van der Waals surface area contributed by atoms with Crippen LogP contribution >= 0.6 is 0 Å². The summed E-state index contributed by atoms with van der Waals surface area (Å²) in [6.07, 6.45) is 4.04. The topological polar surface area (TPSA) is 52.6 Å². The number of rotatable bonds is 5. The molecule has 0 heterocycles. The van der Waals surface area contributed by atoms with Crippen molar-refractivity contribution in [1.82, 2.24) is 0 Å². The number of hydrogen-bond acceptors (Lipinski definition) is 4. The fourth-order valence-corrected chi connectivity index (χ4v) is 1.06. The predicted octanol–water partition coefficient (Wildman–Crippen LogP) is 1.55. The average molecular weight is 214 g/mol. The molecule has 0 aliphatic rings. The predicted molar refractivity (Wildman–Crippen MR) is 56.1 cm³/mol. The molecule has 0 bridgehead atoms. The minimum absolute atomic E-state index is 0.317. The standard InChI is InChI=1S/C11H18O4/c1-8(2)6-5-7-9(10(12)14-3)11(13)15-4/h5-6,8-9H,7H2,1-4H3. The van der Waals surface area contributed by atoms with E-state index in [-0.39, 0.29) is 0 Å². The molecule has 0 aliphatic heterocycles. The molecule has 4 heteroatoms. The lowest BCUT2D eigenvalue weighted by Crippen LogP contribution is -2.25. The fraction of sp³-hybridized carbons (Fsp3) is 0.636. The Hall–Kier alpha value is -1.32. The van der Waals surface area contributed by atoms with Crippen molar-refractivity contribution in [2.75, 3.05) is 14.2 Å². The average Bonchev–Trinajstić information content (AvgIpc) is 2.22. The normalized spacial score (nSPS) is 11.1. The third-order valence-electron chi connectivity index (χ3n) is 1.86. The largest absolute Gasteiger partial charge is 0.468 e. The maximum absolute atomic E-state index is 11.2. The van der Waals surface area contributed by atoms with Gasteiger partial charge < -0.3 is 9.47 Å². The van der Waals surface area contributed by atoms with Crippen LogP contribution in [0.3, 0.4) is 0 Å². The van der Waals surface area contributed by atoms with Crippen molar-refractivity contribution in [3.63, 3.8) is 0 Å². The van der Waals surface area contributed by atoms with Crippen LogP contribution in [0.2, 0.25) is 0 Å². The number of allylic oxidation sites excluding steroid dienone is 2. The summed E-state index contributed by atoms with van der Waals surface area (Å²) in [5.74, 6) is -1.58. The second-order valence-electron chi connectivity index (χ2n) is 3.51. The van der Waals surface area contributed by atoms with Gasteiger partial charge in [-0.1, -0.05) is 26.0 Å². The molecule has 86 valence electrons. The molecule has 0 aromatic rings. The van der Waals surface area contributed by atoms with Gasteiger partial charge in [0.1, 0.15) is 0 Å². The zero-order valence-corrected chi connectivity index (χ0v) is 9.65. The third kappa shape index (κ3) is 5.20. The molecule has 0 atom stereocenters. The van der Waals surface area contributed by atoms with E-state index in [1.807, 2.05) is 19.9 Å². The summed E-state index contributed by atoms with van der Waals surface area (Å²) in [6.45, 7) is 4.03. The van der Waals surface area contributed by atoms with E-state index < -0.39 is 17.9 Å². The summed E-state index contributed by atoms with van der Waals surface area (Å²) in [4.78, 5) is 22.5. The Kier molecular flexibility index (Phi) is 6.42. The van der Waals surface area contributed by atoms with Crippen LogP contribution in [0.1, 0.15) is 20.3 Å². The van der Waals surface area contributed by atoms with Gasteiger partial charge in [-0.05, 0) is 12.3 Å². The van der Waals surface area contributed by atoms with E-state index in [1.165, 1.54) is 14.2 Å². The first-order valence-corrected chi connectivity index (χ1v) is 4.85. The van der Waals surface area contributed by atoms with E-state index in [4.69, 9.17) is 0 Å². The van der Waals surface area contributed by atoms with E-state index in [1.54, 1.807) is 6.08 Å². The van der Waals surface area contributed by atoms with Gasteiger partial charge in [-0.2, -0.15) is 0 Å². The minimum Gasteiger partial charge on any atom is -0.468 e. The maximum atomic E-state index is 11.2. The van der Waals surface area contributed by atoms with Crippen LogP contribution in [-0.4, -0.2) is 26.2 Å². The van der Waals surface area contributed by atoms with Crippen LogP contribution in [0.15, 0.2) is 12.2 Å². The van der Waals surface area contributed by atoms with Crippen molar-refractivity contribution in [3.05, 3.63) is 12.2 Å². The number of carbonyl (C=O) groups excluding carboxylic acids is 2. The summed E-state index contributed by atoms with van der Waals surface area (Å²) in [5, 5.41) is 0. The number of carbonyl (C=O) groups is 2. The van der Waals surface area contributed by atoms with Crippen molar-refractivity contribution in [2.24, 2.45) is 11.8 Å². The van der Waals surface area contributed by atoms with Crippen LogP contribution in [0, 0.1) is 11.8 Å². The van der Waals surface area contributed by atoms with Crippen molar-refractivity contribution in [2.45, 2.75) is 20.3 Å². The molecule has 0 rings (SSSR count). The molecule has 0 spiro atoms. The molecule has 0 aromatic heterocycles. The van der Waals surface area contributed by atoms with Crippen LogP contribution in [0.25, 0.3) is 0 Å². The SMILES string of the molecule is COC(=O)C(CC=CC(C)C)C(=O)OC. The summed E-state index contributed by atoms with van der Waals surface area (Å²) in [7, 11) is 2.51. The molecule has 0 radical (unpaired) electrons. The second-order valence-corrected chi connectivity index (χ2v) is 3.51. The van der Waals surface area contributed by atoms with Crippen molar-refractivity contribution < 1.29 is 19.1 Å². The van der Waals surface area contributed by atoms with Gasteiger partial charge in [-0.3, -0.25) is 9.59 Å². The summed E-state index contributed by atoms with van der Waals surface area (Å²) >= 11 is 0. The Bertz CT molecular complexity index is 227. The van der Waals surface area contributed by atoms with Crippen molar-refractivity contribution >= 4 is 11.9 Å². The highest BCUT2D eigenvalue weighted by atomic mass is 16.5. The van der Waals surface area contributed by atoms with Gasteiger partial charge in [0, 0.05) is 0 Å². The Labute approximate surface area is 90.2 Å². The Morgan fingerprint density at radius 1 is 1.13 bits per heavy atom. The second kappa shape index (κ2) is 7.04. The first kappa shape index (κ1) is 13.7. The molecule has 4 nitrogen and oxygen atoms in total. The Morgan fingerprint density at radius 2 is 1.60 bits per heavy atom. The van der Waals surface area contributed by atoms with E-state index in [0.717, 1.165) is 0 Å². The highest BCUT2D eigenvalue weighted by Gasteiger charge is 2.26. The first-order chi connectivity index (χ1) is 7.02. The number of esters is 2. The number of methoxy groups -OCH3 is 2. The first-order valence-electron chi connectivity index (χ1n) is 4.85. The van der Waals surface area contributed by atoms with Crippen LogP contribution in [0.4, 0.5) is 0 Å². The quantitative estimate of drug-likeness (QED) is 0.396. The zero-order valence-electron chi connectivity index (χ0n) is 9.65. The van der Waals surface area contributed by atoms with E-state index in [9.17, 15) is 9.59 Å². The van der Waals surface area contributed by atoms with Crippen LogP contribution in [-0.2, 0) is 19.1 Å². The summed E-state index contributed by atoms with van der Waals surface area (Å²) in [5.41, 5.74) is 0. The van der Waals surface area contributed by atoms with E-state index in [2.05, 4.69) is 9.47 Å². The number of ether oxygens (including phenoxy) is 2. The molecule has 0 amide bonds. The van der Waals surface area contributed by atoms with Crippen molar-refractivity contribution in [1.29, 1.82) is 0 Å². The summed E-state index contributed by atoms with van der Waals surface area (Å²) < 4.78 is 9.04. The Balaban J connectivity index is 4.38. The zero-order chi connectivity index (χ0) is 11.8. The molecule has 15 heavy (non-hydrogen) atoms. The van der Waals surface area contributed by atoms with E-state index in [0.29, 0.717) is 12.3 Å². The summed E-state index contributed by atoms with van der Waals surface area (Å²) in [6, 6.07) is 0. The third-order valence-corrected chi connectivity index (χ3v) is 1.86. The molecule has 0 saturated heterocycles.